The van der Waals surface area contributed by atoms with E-state index in [-0.39, 0.29) is 5.91 Å². The molecule has 1 amide bonds. The minimum absolute atomic E-state index is 0.238. The Kier molecular flexibility index (Phi) is 4.76. The molecule has 1 saturated carbocycles. The van der Waals surface area contributed by atoms with Gasteiger partial charge in [-0.05, 0) is 44.4 Å². The van der Waals surface area contributed by atoms with Crippen LogP contribution in [0.1, 0.15) is 32.1 Å². The van der Waals surface area contributed by atoms with Gasteiger partial charge in [0.2, 0.25) is 5.91 Å². The Morgan fingerprint density at radius 1 is 1.24 bits per heavy atom. The molecule has 1 saturated heterocycles. The standard InChI is InChI=1S/C17H24N2O2/c20-17(10-12-21-16-6-2-1-3-7-16)19(15-8-9-15)13-14-5-4-11-18-14/h1-3,6-7,14-15,18H,4-5,8-13H2. The van der Waals surface area contributed by atoms with Gasteiger partial charge in [0.25, 0.3) is 0 Å². The van der Waals surface area contributed by atoms with Crippen molar-refractivity contribution in [3.8, 4) is 5.75 Å². The average Bonchev–Trinajstić information content (AvgIpc) is 3.22. The number of benzene rings is 1. The van der Waals surface area contributed by atoms with E-state index in [0.717, 1.165) is 31.7 Å². The van der Waals surface area contributed by atoms with Crippen molar-refractivity contribution in [3.05, 3.63) is 30.3 Å². The molecule has 1 aliphatic heterocycles. The molecule has 114 valence electrons. The molecule has 2 aliphatic rings. The van der Waals surface area contributed by atoms with E-state index in [0.29, 0.717) is 25.1 Å². The van der Waals surface area contributed by atoms with E-state index >= 15 is 0 Å². The summed E-state index contributed by atoms with van der Waals surface area (Å²) in [6.07, 6.45) is 5.22. The maximum atomic E-state index is 12.4. The van der Waals surface area contributed by atoms with E-state index in [2.05, 4.69) is 10.2 Å². The summed E-state index contributed by atoms with van der Waals surface area (Å²) >= 11 is 0. The highest BCUT2D eigenvalue weighted by Gasteiger charge is 2.34. The molecule has 1 N–H and O–H groups in total. The zero-order valence-electron chi connectivity index (χ0n) is 12.5. The normalized spacial score (nSPS) is 21.2. The number of hydrogen-bond acceptors (Lipinski definition) is 3. The van der Waals surface area contributed by atoms with Crippen LogP contribution < -0.4 is 10.1 Å². The van der Waals surface area contributed by atoms with Gasteiger partial charge in [0.15, 0.2) is 0 Å². The predicted molar refractivity (Wildman–Crippen MR) is 82.3 cm³/mol. The van der Waals surface area contributed by atoms with E-state index in [9.17, 15) is 4.79 Å². The maximum absolute atomic E-state index is 12.4. The van der Waals surface area contributed by atoms with Crippen molar-refractivity contribution in [2.24, 2.45) is 0 Å². The molecule has 1 atom stereocenters. The maximum Gasteiger partial charge on any atom is 0.226 e. The molecule has 2 fully saturated rings. The van der Waals surface area contributed by atoms with Crippen LogP contribution in [0.4, 0.5) is 0 Å². The van der Waals surface area contributed by atoms with Crippen LogP contribution in [0.25, 0.3) is 0 Å². The van der Waals surface area contributed by atoms with Gasteiger partial charge in [0.1, 0.15) is 5.75 Å². The molecule has 1 unspecified atom stereocenters. The van der Waals surface area contributed by atoms with Gasteiger partial charge in [-0.2, -0.15) is 0 Å². The molecule has 1 heterocycles. The lowest BCUT2D eigenvalue weighted by Crippen LogP contribution is -2.42. The number of nitrogens with one attached hydrogen (secondary N) is 1. The highest BCUT2D eigenvalue weighted by atomic mass is 16.5. The van der Waals surface area contributed by atoms with Gasteiger partial charge in [-0.3, -0.25) is 4.79 Å². The first-order valence-electron chi connectivity index (χ1n) is 8.03. The van der Waals surface area contributed by atoms with Crippen LogP contribution in [0, 0.1) is 0 Å². The quantitative estimate of drug-likeness (QED) is 0.836. The number of hydrogen-bond donors (Lipinski definition) is 1. The lowest BCUT2D eigenvalue weighted by Gasteiger charge is -2.26. The van der Waals surface area contributed by atoms with Crippen LogP contribution >= 0.6 is 0 Å². The Morgan fingerprint density at radius 3 is 2.71 bits per heavy atom. The second kappa shape index (κ2) is 6.94. The number of nitrogens with zero attached hydrogens (tertiary/aromatic N) is 1. The fourth-order valence-corrected chi connectivity index (χ4v) is 2.91. The number of carbonyl (C=O) groups is 1. The molecule has 0 aromatic heterocycles. The van der Waals surface area contributed by atoms with Crippen molar-refractivity contribution in [2.75, 3.05) is 19.7 Å². The van der Waals surface area contributed by atoms with Gasteiger partial charge in [-0.25, -0.2) is 0 Å². The van der Waals surface area contributed by atoms with E-state index in [1.165, 1.54) is 12.8 Å². The van der Waals surface area contributed by atoms with Gasteiger partial charge < -0.3 is 15.0 Å². The Labute approximate surface area is 126 Å². The highest BCUT2D eigenvalue weighted by molar-refractivity contribution is 5.77. The monoisotopic (exact) mass is 288 g/mol. The SMILES string of the molecule is O=C(CCOc1ccccc1)N(CC1CCCN1)C1CC1. The third-order valence-electron chi connectivity index (χ3n) is 4.22. The number of para-hydroxylation sites is 1. The number of carbonyl (C=O) groups excluding carboxylic acids is 1. The van der Waals surface area contributed by atoms with Crippen LogP contribution in [0.5, 0.6) is 5.75 Å². The zero-order chi connectivity index (χ0) is 14.5. The third-order valence-corrected chi connectivity index (χ3v) is 4.22. The third kappa shape index (κ3) is 4.21. The van der Waals surface area contributed by atoms with Crippen molar-refractivity contribution < 1.29 is 9.53 Å². The molecule has 0 radical (unpaired) electrons. The van der Waals surface area contributed by atoms with Crippen LogP contribution in [0.15, 0.2) is 30.3 Å². The Hall–Kier alpha value is -1.55. The van der Waals surface area contributed by atoms with E-state index in [1.54, 1.807) is 0 Å². The number of ether oxygens (including phenoxy) is 1. The summed E-state index contributed by atoms with van der Waals surface area (Å²) in [6, 6.07) is 10.7. The first-order chi connectivity index (χ1) is 10.3. The fraction of sp³-hybridized carbons (Fsp3) is 0.588. The lowest BCUT2D eigenvalue weighted by molar-refractivity contribution is -0.132. The summed E-state index contributed by atoms with van der Waals surface area (Å²) in [5, 5.41) is 3.48. The first kappa shape index (κ1) is 14.4. The van der Waals surface area contributed by atoms with Crippen molar-refractivity contribution in [3.63, 3.8) is 0 Å². The molecule has 4 heteroatoms. The topological polar surface area (TPSA) is 41.6 Å². The highest BCUT2D eigenvalue weighted by Crippen LogP contribution is 2.28. The van der Waals surface area contributed by atoms with Gasteiger partial charge in [-0.15, -0.1) is 0 Å². The van der Waals surface area contributed by atoms with Gasteiger partial charge in [0.05, 0.1) is 13.0 Å². The van der Waals surface area contributed by atoms with Gasteiger partial charge in [-0.1, -0.05) is 18.2 Å². The second-order valence-corrected chi connectivity index (χ2v) is 5.98. The second-order valence-electron chi connectivity index (χ2n) is 5.98. The molecule has 3 rings (SSSR count). The predicted octanol–water partition coefficient (Wildman–Crippen LogP) is 2.20. The summed E-state index contributed by atoms with van der Waals surface area (Å²) in [5.74, 6) is 1.07. The first-order valence-corrected chi connectivity index (χ1v) is 8.03. The van der Waals surface area contributed by atoms with E-state index in [1.807, 2.05) is 30.3 Å². The van der Waals surface area contributed by atoms with Crippen LogP contribution in [0.3, 0.4) is 0 Å². The summed E-state index contributed by atoms with van der Waals surface area (Å²) in [6.45, 7) is 2.42. The molecule has 21 heavy (non-hydrogen) atoms. The molecular formula is C17H24N2O2. The van der Waals surface area contributed by atoms with Gasteiger partial charge in [0, 0.05) is 18.6 Å². The minimum Gasteiger partial charge on any atom is -0.493 e. The van der Waals surface area contributed by atoms with Gasteiger partial charge >= 0.3 is 0 Å². The molecule has 1 aromatic carbocycles. The summed E-state index contributed by atoms with van der Waals surface area (Å²) in [4.78, 5) is 14.5. The zero-order valence-corrected chi connectivity index (χ0v) is 12.5. The summed E-state index contributed by atoms with van der Waals surface area (Å²) in [7, 11) is 0. The minimum atomic E-state index is 0.238. The fourth-order valence-electron chi connectivity index (χ4n) is 2.91. The molecular weight excluding hydrogens is 264 g/mol. The van der Waals surface area contributed by atoms with Crippen LogP contribution in [-0.2, 0) is 4.79 Å². The van der Waals surface area contributed by atoms with Crippen molar-refractivity contribution in [2.45, 2.75) is 44.2 Å². The summed E-state index contributed by atoms with van der Waals surface area (Å²) in [5.41, 5.74) is 0. The largest absolute Gasteiger partial charge is 0.493 e. The smallest absolute Gasteiger partial charge is 0.226 e. The average molecular weight is 288 g/mol. The molecule has 1 aliphatic carbocycles. The lowest BCUT2D eigenvalue weighted by atomic mass is 10.2. The molecule has 4 nitrogen and oxygen atoms in total. The van der Waals surface area contributed by atoms with Crippen molar-refractivity contribution in [1.82, 2.24) is 10.2 Å². The van der Waals surface area contributed by atoms with Crippen LogP contribution in [0.2, 0.25) is 0 Å². The number of amides is 1. The Bertz CT molecular complexity index is 453. The summed E-state index contributed by atoms with van der Waals surface area (Å²) < 4.78 is 5.63. The van der Waals surface area contributed by atoms with Crippen molar-refractivity contribution >= 4 is 5.91 Å². The van der Waals surface area contributed by atoms with E-state index in [4.69, 9.17) is 4.74 Å². The van der Waals surface area contributed by atoms with Crippen LogP contribution in [-0.4, -0.2) is 42.6 Å². The molecule has 0 spiro atoms. The molecule has 0 bridgehead atoms. The molecule has 1 aromatic rings. The van der Waals surface area contributed by atoms with Crippen molar-refractivity contribution in [1.29, 1.82) is 0 Å². The Morgan fingerprint density at radius 2 is 2.05 bits per heavy atom. The van der Waals surface area contributed by atoms with E-state index < -0.39 is 0 Å². The Balaban J connectivity index is 1.45. The number of rotatable bonds is 7.